The largest absolute Gasteiger partial charge is 0.337 e. The SMILES string of the molecule is O=C(C1CC1)N1CCc2nc(Cc3cccc(F)c3)[nH]c(=O)c2C1. The molecule has 0 radical (unpaired) electrons. The molecule has 1 amide bonds. The van der Waals surface area contributed by atoms with Gasteiger partial charge in [-0.1, -0.05) is 12.1 Å². The van der Waals surface area contributed by atoms with Crippen molar-refractivity contribution >= 4 is 5.91 Å². The van der Waals surface area contributed by atoms with Crippen molar-refractivity contribution in [3.63, 3.8) is 0 Å². The monoisotopic (exact) mass is 327 g/mol. The summed E-state index contributed by atoms with van der Waals surface area (Å²) in [5.41, 5.74) is 1.90. The topological polar surface area (TPSA) is 66.1 Å². The second-order valence-electron chi connectivity index (χ2n) is 6.53. The Bertz CT molecular complexity index is 858. The van der Waals surface area contributed by atoms with Crippen LogP contribution >= 0.6 is 0 Å². The number of nitrogens with one attached hydrogen (secondary N) is 1. The van der Waals surface area contributed by atoms with Gasteiger partial charge in [-0.25, -0.2) is 9.37 Å². The quantitative estimate of drug-likeness (QED) is 0.935. The molecule has 0 atom stereocenters. The summed E-state index contributed by atoms with van der Waals surface area (Å²) >= 11 is 0. The number of nitrogens with zero attached hydrogens (tertiary/aromatic N) is 2. The van der Waals surface area contributed by atoms with Crippen molar-refractivity contribution in [1.82, 2.24) is 14.9 Å². The van der Waals surface area contributed by atoms with E-state index in [1.165, 1.54) is 12.1 Å². The second kappa shape index (κ2) is 5.85. The second-order valence-corrected chi connectivity index (χ2v) is 6.53. The maximum Gasteiger partial charge on any atom is 0.256 e. The van der Waals surface area contributed by atoms with Crippen molar-refractivity contribution in [3.8, 4) is 0 Å². The molecule has 0 bridgehead atoms. The summed E-state index contributed by atoms with van der Waals surface area (Å²) in [5, 5.41) is 0. The lowest BCUT2D eigenvalue weighted by Crippen LogP contribution is -2.40. The van der Waals surface area contributed by atoms with E-state index in [0.29, 0.717) is 37.3 Å². The molecule has 2 heterocycles. The summed E-state index contributed by atoms with van der Waals surface area (Å²) in [6.07, 6.45) is 2.89. The molecule has 1 aromatic heterocycles. The highest BCUT2D eigenvalue weighted by molar-refractivity contribution is 5.81. The van der Waals surface area contributed by atoms with Gasteiger partial charge in [0.1, 0.15) is 11.6 Å². The van der Waals surface area contributed by atoms with E-state index >= 15 is 0 Å². The van der Waals surface area contributed by atoms with Gasteiger partial charge in [-0.05, 0) is 30.5 Å². The average Bonchev–Trinajstić information content (AvgIpc) is 3.39. The van der Waals surface area contributed by atoms with Crippen LogP contribution in [0.4, 0.5) is 4.39 Å². The van der Waals surface area contributed by atoms with Crippen LogP contribution in [0.3, 0.4) is 0 Å². The molecule has 0 saturated heterocycles. The molecule has 1 saturated carbocycles. The fourth-order valence-corrected chi connectivity index (χ4v) is 3.18. The van der Waals surface area contributed by atoms with Crippen LogP contribution in [0.5, 0.6) is 0 Å². The van der Waals surface area contributed by atoms with Crippen LogP contribution in [0.25, 0.3) is 0 Å². The van der Waals surface area contributed by atoms with Crippen LogP contribution in [-0.2, 0) is 24.2 Å². The molecule has 0 spiro atoms. The van der Waals surface area contributed by atoms with Gasteiger partial charge in [-0.15, -0.1) is 0 Å². The van der Waals surface area contributed by atoms with E-state index in [4.69, 9.17) is 0 Å². The average molecular weight is 327 g/mol. The van der Waals surface area contributed by atoms with E-state index in [2.05, 4.69) is 9.97 Å². The maximum atomic E-state index is 13.3. The molecule has 24 heavy (non-hydrogen) atoms. The van der Waals surface area contributed by atoms with Gasteiger partial charge < -0.3 is 9.88 Å². The first kappa shape index (κ1) is 15.1. The lowest BCUT2D eigenvalue weighted by Gasteiger charge is -2.28. The third-order valence-corrected chi connectivity index (χ3v) is 4.62. The zero-order valence-corrected chi connectivity index (χ0v) is 13.2. The van der Waals surface area contributed by atoms with Gasteiger partial charge in [-0.3, -0.25) is 9.59 Å². The number of halogens is 1. The highest BCUT2D eigenvalue weighted by Gasteiger charge is 2.35. The van der Waals surface area contributed by atoms with Crippen LogP contribution in [0.1, 0.15) is 35.5 Å². The number of hydrogen-bond acceptors (Lipinski definition) is 3. The Labute approximate surface area is 138 Å². The number of amides is 1. The number of hydrogen-bond donors (Lipinski definition) is 1. The molecule has 1 fully saturated rings. The van der Waals surface area contributed by atoms with Gasteiger partial charge in [0.15, 0.2) is 0 Å². The number of carbonyl (C=O) groups excluding carboxylic acids is 1. The molecular weight excluding hydrogens is 309 g/mol. The molecule has 6 heteroatoms. The Morgan fingerprint density at radius 2 is 2.21 bits per heavy atom. The standard InChI is InChI=1S/C18H18FN3O2/c19-13-3-1-2-11(8-13)9-16-20-15-6-7-22(18(24)12-4-5-12)10-14(15)17(23)21-16/h1-3,8,12H,4-7,9-10H2,(H,20,21,23). The van der Waals surface area contributed by atoms with Crippen LogP contribution < -0.4 is 5.56 Å². The predicted octanol–water partition coefficient (Wildman–Crippen LogP) is 1.79. The van der Waals surface area contributed by atoms with Crippen LogP contribution in [-0.4, -0.2) is 27.3 Å². The number of aromatic nitrogens is 2. The fourth-order valence-electron chi connectivity index (χ4n) is 3.18. The summed E-state index contributed by atoms with van der Waals surface area (Å²) in [6, 6.07) is 6.27. The minimum atomic E-state index is -0.304. The molecule has 124 valence electrons. The first-order chi connectivity index (χ1) is 11.6. The molecule has 2 aliphatic rings. The Hall–Kier alpha value is -2.50. The predicted molar refractivity (Wildman–Crippen MR) is 85.9 cm³/mol. The van der Waals surface area contributed by atoms with Gasteiger partial charge in [0, 0.05) is 25.3 Å². The Morgan fingerprint density at radius 3 is 2.96 bits per heavy atom. The van der Waals surface area contributed by atoms with Crippen LogP contribution in [0.15, 0.2) is 29.1 Å². The van der Waals surface area contributed by atoms with Crippen molar-refractivity contribution in [1.29, 1.82) is 0 Å². The van der Waals surface area contributed by atoms with Crippen molar-refractivity contribution < 1.29 is 9.18 Å². The normalized spacial score (nSPS) is 16.8. The minimum absolute atomic E-state index is 0.156. The van der Waals surface area contributed by atoms with E-state index in [-0.39, 0.29) is 23.2 Å². The van der Waals surface area contributed by atoms with Crippen LogP contribution in [0.2, 0.25) is 0 Å². The Balaban J connectivity index is 1.57. The summed E-state index contributed by atoms with van der Waals surface area (Å²) in [4.78, 5) is 33.7. The summed E-state index contributed by atoms with van der Waals surface area (Å²) in [6.45, 7) is 0.950. The third kappa shape index (κ3) is 2.96. The first-order valence-corrected chi connectivity index (χ1v) is 8.24. The summed E-state index contributed by atoms with van der Waals surface area (Å²) < 4.78 is 13.3. The zero-order valence-electron chi connectivity index (χ0n) is 13.2. The fraction of sp³-hybridized carbons (Fsp3) is 0.389. The molecule has 1 aliphatic carbocycles. The number of H-pyrrole nitrogens is 1. The van der Waals surface area contributed by atoms with E-state index in [1.54, 1.807) is 17.0 Å². The first-order valence-electron chi connectivity index (χ1n) is 8.24. The smallest absolute Gasteiger partial charge is 0.256 e. The minimum Gasteiger partial charge on any atom is -0.337 e. The van der Waals surface area contributed by atoms with Gasteiger partial charge in [0.05, 0.1) is 17.8 Å². The van der Waals surface area contributed by atoms with Crippen molar-refractivity contribution in [2.45, 2.75) is 32.2 Å². The van der Waals surface area contributed by atoms with Crippen molar-refractivity contribution in [2.24, 2.45) is 5.92 Å². The van der Waals surface area contributed by atoms with E-state index in [1.807, 2.05) is 0 Å². The number of benzene rings is 1. The third-order valence-electron chi connectivity index (χ3n) is 4.62. The number of aromatic amines is 1. The summed E-state index contributed by atoms with van der Waals surface area (Å²) in [5.74, 6) is 0.545. The van der Waals surface area contributed by atoms with Gasteiger partial charge >= 0.3 is 0 Å². The van der Waals surface area contributed by atoms with Gasteiger partial charge in [-0.2, -0.15) is 0 Å². The highest BCUT2D eigenvalue weighted by atomic mass is 19.1. The Morgan fingerprint density at radius 1 is 1.38 bits per heavy atom. The van der Waals surface area contributed by atoms with Gasteiger partial charge in [0.25, 0.3) is 5.56 Å². The lowest BCUT2D eigenvalue weighted by molar-refractivity contribution is -0.133. The molecule has 0 unspecified atom stereocenters. The molecule has 2 aromatic rings. The van der Waals surface area contributed by atoms with Gasteiger partial charge in [0.2, 0.25) is 5.91 Å². The number of carbonyl (C=O) groups is 1. The number of fused-ring (bicyclic) bond motifs is 1. The van der Waals surface area contributed by atoms with E-state index < -0.39 is 0 Å². The van der Waals surface area contributed by atoms with E-state index in [0.717, 1.165) is 24.1 Å². The molecule has 1 aliphatic heterocycles. The van der Waals surface area contributed by atoms with E-state index in [9.17, 15) is 14.0 Å². The lowest BCUT2D eigenvalue weighted by atomic mass is 10.1. The molecule has 1 N–H and O–H groups in total. The van der Waals surface area contributed by atoms with Crippen molar-refractivity contribution in [3.05, 3.63) is 63.1 Å². The van der Waals surface area contributed by atoms with Crippen LogP contribution in [0, 0.1) is 11.7 Å². The number of rotatable bonds is 3. The maximum absolute atomic E-state index is 13.3. The molecule has 1 aromatic carbocycles. The highest BCUT2D eigenvalue weighted by Crippen LogP contribution is 2.32. The molecule has 4 rings (SSSR count). The zero-order chi connectivity index (χ0) is 16.7. The summed E-state index contributed by atoms with van der Waals surface area (Å²) in [7, 11) is 0. The van der Waals surface area contributed by atoms with Crippen molar-refractivity contribution in [2.75, 3.05) is 6.54 Å². The molecule has 5 nitrogen and oxygen atoms in total. The Kier molecular flexibility index (Phi) is 3.67. The molecular formula is C18H18FN3O2.